The minimum atomic E-state index is -0.0938. The third kappa shape index (κ3) is 4.37. The molecule has 1 amide bonds. The average Bonchev–Trinajstić information content (AvgIpc) is 3.18. The first kappa shape index (κ1) is 19.3. The predicted octanol–water partition coefficient (Wildman–Crippen LogP) is 3.77. The fourth-order valence-electron chi connectivity index (χ4n) is 3.51. The SMILES string of the molecule is COc1ccccc1-c1ccc(N2CCCC(C(=O)Nc3nc(C)cs3)C2)nn1. The highest BCUT2D eigenvalue weighted by Crippen LogP contribution is 2.29. The van der Waals surface area contributed by atoms with Gasteiger partial charge in [-0.05, 0) is 44.0 Å². The van der Waals surface area contributed by atoms with Crippen molar-refractivity contribution in [1.29, 1.82) is 0 Å². The Morgan fingerprint density at radius 1 is 1.24 bits per heavy atom. The molecule has 1 unspecified atom stereocenters. The van der Waals surface area contributed by atoms with Crippen LogP contribution < -0.4 is 15.0 Å². The molecule has 4 rings (SSSR count). The first-order valence-corrected chi connectivity index (χ1v) is 10.5. The highest BCUT2D eigenvalue weighted by atomic mass is 32.1. The number of carbonyl (C=O) groups excluding carboxylic acids is 1. The Morgan fingerprint density at radius 2 is 2.10 bits per heavy atom. The van der Waals surface area contributed by atoms with Crippen LogP contribution in [0.3, 0.4) is 0 Å². The number of nitrogens with zero attached hydrogens (tertiary/aromatic N) is 4. The number of hydrogen-bond donors (Lipinski definition) is 1. The zero-order valence-corrected chi connectivity index (χ0v) is 17.3. The van der Waals surface area contributed by atoms with Gasteiger partial charge in [-0.25, -0.2) is 4.98 Å². The molecule has 1 saturated heterocycles. The van der Waals surface area contributed by atoms with Crippen molar-refractivity contribution in [2.24, 2.45) is 5.92 Å². The monoisotopic (exact) mass is 409 g/mol. The van der Waals surface area contributed by atoms with E-state index >= 15 is 0 Å². The molecule has 1 fully saturated rings. The van der Waals surface area contributed by atoms with Crippen LogP contribution in [0.2, 0.25) is 0 Å². The normalized spacial score (nSPS) is 16.5. The van der Waals surface area contributed by atoms with Crippen LogP contribution in [0.5, 0.6) is 5.75 Å². The first-order chi connectivity index (χ1) is 14.1. The Labute approximate surface area is 173 Å². The topological polar surface area (TPSA) is 80.2 Å². The van der Waals surface area contributed by atoms with Gasteiger partial charge in [0, 0.05) is 24.0 Å². The molecule has 1 N–H and O–H groups in total. The van der Waals surface area contributed by atoms with E-state index < -0.39 is 0 Å². The summed E-state index contributed by atoms with van der Waals surface area (Å²) in [6.45, 7) is 3.41. The smallest absolute Gasteiger partial charge is 0.231 e. The Hall–Kier alpha value is -3.00. The number of piperidine rings is 1. The van der Waals surface area contributed by atoms with E-state index in [9.17, 15) is 4.79 Å². The number of aryl methyl sites for hydroxylation is 1. The molecule has 7 nitrogen and oxygen atoms in total. The molecule has 1 atom stereocenters. The highest BCUT2D eigenvalue weighted by molar-refractivity contribution is 7.13. The number of methoxy groups -OCH3 is 1. The molecule has 29 heavy (non-hydrogen) atoms. The number of aromatic nitrogens is 3. The zero-order valence-electron chi connectivity index (χ0n) is 16.5. The summed E-state index contributed by atoms with van der Waals surface area (Å²) in [6.07, 6.45) is 1.80. The second-order valence-electron chi connectivity index (χ2n) is 7.05. The van der Waals surface area contributed by atoms with Gasteiger partial charge in [0.2, 0.25) is 5.91 Å². The van der Waals surface area contributed by atoms with Crippen LogP contribution in [0.1, 0.15) is 18.5 Å². The third-order valence-electron chi connectivity index (χ3n) is 5.00. The lowest BCUT2D eigenvalue weighted by Crippen LogP contribution is -2.41. The number of thiazole rings is 1. The molecule has 8 heteroatoms. The van der Waals surface area contributed by atoms with Crippen LogP contribution in [0.15, 0.2) is 41.8 Å². The fourth-order valence-corrected chi connectivity index (χ4v) is 4.20. The molecule has 1 aliphatic heterocycles. The Kier molecular flexibility index (Phi) is 5.71. The van der Waals surface area contributed by atoms with Gasteiger partial charge in [0.1, 0.15) is 5.75 Å². The Balaban J connectivity index is 1.45. The van der Waals surface area contributed by atoms with Crippen molar-refractivity contribution in [1.82, 2.24) is 15.2 Å². The van der Waals surface area contributed by atoms with E-state index in [1.54, 1.807) is 7.11 Å². The summed E-state index contributed by atoms with van der Waals surface area (Å²) >= 11 is 1.45. The van der Waals surface area contributed by atoms with Gasteiger partial charge in [-0.2, -0.15) is 0 Å². The van der Waals surface area contributed by atoms with Crippen molar-refractivity contribution in [3.05, 3.63) is 47.5 Å². The predicted molar refractivity (Wildman–Crippen MR) is 114 cm³/mol. The lowest BCUT2D eigenvalue weighted by Gasteiger charge is -2.32. The Morgan fingerprint density at radius 3 is 2.83 bits per heavy atom. The van der Waals surface area contributed by atoms with Crippen molar-refractivity contribution < 1.29 is 9.53 Å². The van der Waals surface area contributed by atoms with E-state index in [1.165, 1.54) is 11.3 Å². The molecule has 1 aliphatic rings. The van der Waals surface area contributed by atoms with Crippen LogP contribution in [0.25, 0.3) is 11.3 Å². The van der Waals surface area contributed by atoms with E-state index in [-0.39, 0.29) is 11.8 Å². The number of hydrogen-bond acceptors (Lipinski definition) is 7. The molecule has 150 valence electrons. The molecule has 3 aromatic rings. The minimum Gasteiger partial charge on any atom is -0.496 e. The van der Waals surface area contributed by atoms with Gasteiger partial charge >= 0.3 is 0 Å². The standard InChI is InChI=1S/C21H23N5O2S/c1-14-13-29-21(22-14)23-20(27)15-6-5-11-26(12-15)19-10-9-17(24-25-19)16-7-3-4-8-18(16)28-2/h3-4,7-10,13,15H,5-6,11-12H2,1-2H3,(H,22,23,27). The number of para-hydroxylation sites is 1. The number of nitrogens with one attached hydrogen (secondary N) is 1. The first-order valence-electron chi connectivity index (χ1n) is 9.59. The van der Waals surface area contributed by atoms with E-state index in [4.69, 9.17) is 4.74 Å². The summed E-state index contributed by atoms with van der Waals surface area (Å²) in [6, 6.07) is 11.6. The van der Waals surface area contributed by atoms with E-state index in [2.05, 4.69) is 25.4 Å². The molecule has 2 aromatic heterocycles. The zero-order chi connectivity index (χ0) is 20.2. The fraction of sp³-hybridized carbons (Fsp3) is 0.333. The van der Waals surface area contributed by atoms with Crippen molar-refractivity contribution >= 4 is 28.2 Å². The molecule has 3 heterocycles. The van der Waals surface area contributed by atoms with Gasteiger partial charge in [-0.1, -0.05) is 12.1 Å². The third-order valence-corrected chi connectivity index (χ3v) is 5.87. The average molecular weight is 410 g/mol. The summed E-state index contributed by atoms with van der Waals surface area (Å²) in [7, 11) is 1.65. The number of ether oxygens (including phenoxy) is 1. The quantitative estimate of drug-likeness (QED) is 0.691. The lowest BCUT2D eigenvalue weighted by molar-refractivity contribution is -0.120. The molecule has 0 bridgehead atoms. The molecule has 0 saturated carbocycles. The van der Waals surface area contributed by atoms with E-state index in [0.717, 1.165) is 47.9 Å². The van der Waals surface area contributed by atoms with Crippen molar-refractivity contribution in [3.63, 3.8) is 0 Å². The van der Waals surface area contributed by atoms with Gasteiger partial charge in [-0.15, -0.1) is 21.5 Å². The number of carbonyl (C=O) groups is 1. The van der Waals surface area contributed by atoms with Crippen LogP contribution in [0.4, 0.5) is 10.9 Å². The van der Waals surface area contributed by atoms with Crippen LogP contribution in [-0.2, 0) is 4.79 Å². The number of anilines is 2. The largest absolute Gasteiger partial charge is 0.496 e. The second kappa shape index (κ2) is 8.57. The summed E-state index contributed by atoms with van der Waals surface area (Å²) < 4.78 is 5.41. The van der Waals surface area contributed by atoms with Gasteiger partial charge < -0.3 is 15.0 Å². The molecule has 0 radical (unpaired) electrons. The van der Waals surface area contributed by atoms with Gasteiger partial charge in [-0.3, -0.25) is 4.79 Å². The van der Waals surface area contributed by atoms with E-state index in [1.807, 2.05) is 48.7 Å². The Bertz CT molecular complexity index is 989. The number of amides is 1. The van der Waals surface area contributed by atoms with Crippen LogP contribution in [0, 0.1) is 12.8 Å². The van der Waals surface area contributed by atoms with Crippen LogP contribution >= 0.6 is 11.3 Å². The summed E-state index contributed by atoms with van der Waals surface area (Å²) in [4.78, 5) is 19.1. The molecular weight excluding hydrogens is 386 g/mol. The molecule has 0 spiro atoms. The van der Waals surface area contributed by atoms with Gasteiger partial charge in [0.25, 0.3) is 0 Å². The van der Waals surface area contributed by atoms with Crippen molar-refractivity contribution in [2.45, 2.75) is 19.8 Å². The number of benzene rings is 1. The summed E-state index contributed by atoms with van der Waals surface area (Å²) in [5.41, 5.74) is 2.58. The van der Waals surface area contributed by atoms with Crippen molar-refractivity contribution in [3.8, 4) is 17.0 Å². The molecule has 0 aliphatic carbocycles. The highest BCUT2D eigenvalue weighted by Gasteiger charge is 2.27. The summed E-state index contributed by atoms with van der Waals surface area (Å²) in [5, 5.41) is 14.3. The minimum absolute atomic E-state index is 0.0163. The second-order valence-corrected chi connectivity index (χ2v) is 7.90. The van der Waals surface area contributed by atoms with Gasteiger partial charge in [0.05, 0.1) is 24.4 Å². The lowest BCUT2D eigenvalue weighted by atomic mass is 9.97. The van der Waals surface area contributed by atoms with Crippen LogP contribution in [-0.4, -0.2) is 41.3 Å². The maximum atomic E-state index is 12.6. The molecule has 1 aromatic carbocycles. The maximum Gasteiger partial charge on any atom is 0.231 e. The van der Waals surface area contributed by atoms with Gasteiger partial charge in [0.15, 0.2) is 10.9 Å². The summed E-state index contributed by atoms with van der Waals surface area (Å²) in [5.74, 6) is 1.47. The van der Waals surface area contributed by atoms with E-state index in [0.29, 0.717) is 11.7 Å². The molecular formula is C21H23N5O2S. The number of rotatable bonds is 5. The maximum absolute atomic E-state index is 12.6. The van der Waals surface area contributed by atoms with Crippen molar-refractivity contribution in [2.75, 3.05) is 30.4 Å².